The van der Waals surface area contributed by atoms with Gasteiger partial charge in [-0.2, -0.15) is 0 Å². The van der Waals surface area contributed by atoms with Crippen molar-refractivity contribution in [2.75, 3.05) is 18.5 Å². The van der Waals surface area contributed by atoms with Crippen molar-refractivity contribution < 1.29 is 14.3 Å². The van der Waals surface area contributed by atoms with Crippen LogP contribution < -0.4 is 5.32 Å². The van der Waals surface area contributed by atoms with E-state index in [0.717, 1.165) is 24.2 Å². The van der Waals surface area contributed by atoms with Crippen LogP contribution in [0.2, 0.25) is 0 Å². The highest BCUT2D eigenvalue weighted by atomic mass is 16.5. The number of likely N-dealkylation sites (tertiary alicyclic amines) is 1. The molecule has 1 aliphatic heterocycles. The van der Waals surface area contributed by atoms with Crippen molar-refractivity contribution >= 4 is 17.6 Å². The van der Waals surface area contributed by atoms with E-state index in [-0.39, 0.29) is 17.9 Å². The Morgan fingerprint density at radius 3 is 2.67 bits per heavy atom. The zero-order valence-corrected chi connectivity index (χ0v) is 12.6. The first-order chi connectivity index (χ1) is 10.1. The monoisotopic (exact) mass is 290 g/mol. The molecule has 0 saturated carbocycles. The van der Waals surface area contributed by atoms with Gasteiger partial charge in [0, 0.05) is 25.2 Å². The zero-order chi connectivity index (χ0) is 15.2. The molecule has 1 aromatic rings. The molecule has 2 rings (SSSR count). The minimum atomic E-state index is -0.379. The van der Waals surface area contributed by atoms with Gasteiger partial charge >= 0.3 is 5.97 Å². The molecular weight excluding hydrogens is 268 g/mol. The molecule has 1 N–H and O–H groups in total. The molecule has 1 aromatic carbocycles. The van der Waals surface area contributed by atoms with Gasteiger partial charge in [0.15, 0.2) is 0 Å². The fourth-order valence-electron chi connectivity index (χ4n) is 2.37. The highest BCUT2D eigenvalue weighted by Crippen LogP contribution is 2.16. The molecule has 0 aliphatic carbocycles. The van der Waals surface area contributed by atoms with E-state index in [1.54, 1.807) is 13.8 Å². The standard InChI is InChI=1S/C16H22N2O3/c1-3-21-16(20)12(2)17-14-8-6-13(7-9-14)11-18-10-4-5-15(18)19/h6-9,12,17H,3-5,10-11H2,1-2H3/t12-/m0/s1. The summed E-state index contributed by atoms with van der Waals surface area (Å²) >= 11 is 0. The van der Waals surface area contributed by atoms with Crippen LogP contribution in [0.1, 0.15) is 32.3 Å². The van der Waals surface area contributed by atoms with Crippen LogP contribution in [0.4, 0.5) is 5.69 Å². The molecular formula is C16H22N2O3. The Morgan fingerprint density at radius 1 is 1.38 bits per heavy atom. The second-order valence-corrected chi connectivity index (χ2v) is 5.23. The topological polar surface area (TPSA) is 58.6 Å². The summed E-state index contributed by atoms with van der Waals surface area (Å²) in [4.78, 5) is 25.0. The molecule has 5 nitrogen and oxygen atoms in total. The van der Waals surface area contributed by atoms with Crippen LogP contribution in [0.3, 0.4) is 0 Å². The number of nitrogens with zero attached hydrogens (tertiary/aromatic N) is 1. The lowest BCUT2D eigenvalue weighted by molar-refractivity contribution is -0.143. The van der Waals surface area contributed by atoms with Crippen molar-refractivity contribution in [3.05, 3.63) is 29.8 Å². The van der Waals surface area contributed by atoms with E-state index in [2.05, 4.69) is 5.32 Å². The fraction of sp³-hybridized carbons (Fsp3) is 0.500. The average molecular weight is 290 g/mol. The number of ether oxygens (including phenoxy) is 1. The molecule has 21 heavy (non-hydrogen) atoms. The van der Waals surface area contributed by atoms with Crippen LogP contribution in [0.25, 0.3) is 0 Å². The third kappa shape index (κ3) is 4.21. The zero-order valence-electron chi connectivity index (χ0n) is 12.6. The third-order valence-corrected chi connectivity index (χ3v) is 3.52. The van der Waals surface area contributed by atoms with Crippen LogP contribution >= 0.6 is 0 Å². The number of rotatable bonds is 6. The summed E-state index contributed by atoms with van der Waals surface area (Å²) in [6.07, 6.45) is 1.62. The molecule has 1 aliphatic rings. The van der Waals surface area contributed by atoms with Gasteiger partial charge in [-0.25, -0.2) is 4.79 Å². The number of carbonyl (C=O) groups is 2. The highest BCUT2D eigenvalue weighted by Gasteiger charge is 2.20. The Bertz CT molecular complexity index is 499. The van der Waals surface area contributed by atoms with Gasteiger partial charge in [0.2, 0.25) is 5.91 Å². The molecule has 0 spiro atoms. The van der Waals surface area contributed by atoms with Crippen LogP contribution in [-0.4, -0.2) is 36.0 Å². The summed E-state index contributed by atoms with van der Waals surface area (Å²) in [7, 11) is 0. The van der Waals surface area contributed by atoms with Gasteiger partial charge < -0.3 is 15.0 Å². The summed E-state index contributed by atoms with van der Waals surface area (Å²) in [5.41, 5.74) is 1.96. The number of anilines is 1. The average Bonchev–Trinajstić information content (AvgIpc) is 2.86. The first-order valence-corrected chi connectivity index (χ1v) is 7.40. The van der Waals surface area contributed by atoms with Gasteiger partial charge in [0.25, 0.3) is 0 Å². The molecule has 1 saturated heterocycles. The molecule has 5 heteroatoms. The van der Waals surface area contributed by atoms with Crippen LogP contribution in [0.5, 0.6) is 0 Å². The van der Waals surface area contributed by atoms with E-state index in [9.17, 15) is 9.59 Å². The van der Waals surface area contributed by atoms with Crippen LogP contribution in [-0.2, 0) is 20.9 Å². The Balaban J connectivity index is 1.89. The lowest BCUT2D eigenvalue weighted by Gasteiger charge is -2.17. The number of hydrogen-bond donors (Lipinski definition) is 1. The quantitative estimate of drug-likeness (QED) is 0.816. The van der Waals surface area contributed by atoms with Crippen molar-refractivity contribution in [1.82, 2.24) is 4.90 Å². The first kappa shape index (κ1) is 15.4. The molecule has 0 bridgehead atoms. The summed E-state index contributed by atoms with van der Waals surface area (Å²) < 4.78 is 4.95. The van der Waals surface area contributed by atoms with E-state index in [1.807, 2.05) is 29.2 Å². The molecule has 0 unspecified atom stereocenters. The minimum Gasteiger partial charge on any atom is -0.464 e. The maximum atomic E-state index is 11.6. The molecule has 1 amide bonds. The van der Waals surface area contributed by atoms with E-state index in [0.29, 0.717) is 19.6 Å². The fourth-order valence-corrected chi connectivity index (χ4v) is 2.37. The van der Waals surface area contributed by atoms with Crippen LogP contribution in [0, 0.1) is 0 Å². The summed E-state index contributed by atoms with van der Waals surface area (Å²) in [6.45, 7) is 5.45. The van der Waals surface area contributed by atoms with Crippen molar-refractivity contribution in [2.24, 2.45) is 0 Å². The molecule has 1 fully saturated rings. The summed E-state index contributed by atoms with van der Waals surface area (Å²) in [5, 5.41) is 3.10. The lowest BCUT2D eigenvalue weighted by Crippen LogP contribution is -2.28. The Kier molecular flexibility index (Phi) is 5.20. The number of benzene rings is 1. The largest absolute Gasteiger partial charge is 0.464 e. The van der Waals surface area contributed by atoms with E-state index < -0.39 is 0 Å². The maximum Gasteiger partial charge on any atom is 0.328 e. The number of nitrogens with one attached hydrogen (secondary N) is 1. The van der Waals surface area contributed by atoms with Gasteiger partial charge in [0.1, 0.15) is 6.04 Å². The van der Waals surface area contributed by atoms with Gasteiger partial charge in [0.05, 0.1) is 6.61 Å². The van der Waals surface area contributed by atoms with E-state index in [1.165, 1.54) is 0 Å². The Labute approximate surface area is 125 Å². The normalized spacial score (nSPS) is 15.9. The second-order valence-electron chi connectivity index (χ2n) is 5.23. The van der Waals surface area contributed by atoms with Crippen LogP contribution in [0.15, 0.2) is 24.3 Å². The van der Waals surface area contributed by atoms with Gasteiger partial charge in [-0.15, -0.1) is 0 Å². The predicted octanol–water partition coefficient (Wildman–Crippen LogP) is 2.17. The molecule has 1 heterocycles. The smallest absolute Gasteiger partial charge is 0.328 e. The van der Waals surface area contributed by atoms with Gasteiger partial charge in [-0.1, -0.05) is 12.1 Å². The van der Waals surface area contributed by atoms with Crippen molar-refractivity contribution in [2.45, 2.75) is 39.3 Å². The van der Waals surface area contributed by atoms with E-state index >= 15 is 0 Å². The second kappa shape index (κ2) is 7.11. The first-order valence-electron chi connectivity index (χ1n) is 7.40. The summed E-state index contributed by atoms with van der Waals surface area (Å²) in [6, 6.07) is 7.42. The predicted molar refractivity (Wildman–Crippen MR) is 80.8 cm³/mol. The maximum absolute atomic E-state index is 11.6. The SMILES string of the molecule is CCOC(=O)[C@H](C)Nc1ccc(CN2CCCC2=O)cc1. The lowest BCUT2D eigenvalue weighted by atomic mass is 10.2. The number of carbonyl (C=O) groups excluding carboxylic acids is 2. The van der Waals surface area contributed by atoms with Crippen molar-refractivity contribution in [3.8, 4) is 0 Å². The number of hydrogen-bond acceptors (Lipinski definition) is 4. The number of amides is 1. The van der Waals surface area contributed by atoms with Crippen molar-refractivity contribution in [3.63, 3.8) is 0 Å². The van der Waals surface area contributed by atoms with E-state index in [4.69, 9.17) is 4.74 Å². The third-order valence-electron chi connectivity index (χ3n) is 3.52. The molecule has 0 radical (unpaired) electrons. The Morgan fingerprint density at radius 2 is 2.10 bits per heavy atom. The summed E-state index contributed by atoms with van der Waals surface area (Å²) in [5.74, 6) is -0.0302. The molecule has 114 valence electrons. The van der Waals surface area contributed by atoms with Gasteiger partial charge in [-0.3, -0.25) is 4.79 Å². The highest BCUT2D eigenvalue weighted by molar-refractivity contribution is 5.79. The number of esters is 1. The molecule has 1 atom stereocenters. The Hall–Kier alpha value is -2.04. The van der Waals surface area contributed by atoms with Gasteiger partial charge in [-0.05, 0) is 38.0 Å². The van der Waals surface area contributed by atoms with Crippen molar-refractivity contribution in [1.29, 1.82) is 0 Å². The minimum absolute atomic E-state index is 0.230. The molecule has 0 aromatic heterocycles.